The number of nitrogens with one attached hydrogen (secondary N) is 1. The Hall–Kier alpha value is -1.95. The lowest BCUT2D eigenvalue weighted by Gasteiger charge is -2.18. The van der Waals surface area contributed by atoms with E-state index in [1.165, 1.54) is 19.9 Å². The summed E-state index contributed by atoms with van der Waals surface area (Å²) in [6, 6.07) is 3.08. The molecule has 0 bridgehead atoms. The van der Waals surface area contributed by atoms with Crippen molar-refractivity contribution in [2.24, 2.45) is 5.73 Å². The minimum Gasteiger partial charge on any atom is -0.478 e. The molecule has 6 heteroatoms. The highest BCUT2D eigenvalue weighted by Gasteiger charge is 2.23. The first-order chi connectivity index (χ1) is 7.71. The first kappa shape index (κ1) is 13.1. The summed E-state index contributed by atoms with van der Waals surface area (Å²) in [7, 11) is 0. The van der Waals surface area contributed by atoms with Gasteiger partial charge in [-0.1, -0.05) is 0 Å². The summed E-state index contributed by atoms with van der Waals surface area (Å²) in [5.41, 5.74) is 4.10. The molecule has 0 saturated carbocycles. The summed E-state index contributed by atoms with van der Waals surface area (Å²) in [5.74, 6) is -2.56. The third-order valence-electron chi connectivity index (χ3n) is 2.05. The summed E-state index contributed by atoms with van der Waals surface area (Å²) < 4.78 is 12.9. The van der Waals surface area contributed by atoms with Crippen molar-refractivity contribution in [2.75, 3.05) is 5.32 Å². The first-order valence-corrected chi connectivity index (χ1v) is 4.85. The molecule has 92 valence electrons. The predicted octanol–water partition coefficient (Wildman–Crippen LogP) is 1.20. The van der Waals surface area contributed by atoms with E-state index in [4.69, 9.17) is 10.8 Å². The number of benzene rings is 1. The van der Waals surface area contributed by atoms with E-state index in [2.05, 4.69) is 5.32 Å². The van der Waals surface area contributed by atoms with Crippen LogP contribution in [0.1, 0.15) is 24.2 Å². The maximum atomic E-state index is 12.9. The second-order valence-electron chi connectivity index (χ2n) is 4.17. The van der Waals surface area contributed by atoms with E-state index >= 15 is 0 Å². The van der Waals surface area contributed by atoms with E-state index in [9.17, 15) is 14.0 Å². The van der Waals surface area contributed by atoms with Crippen molar-refractivity contribution in [1.29, 1.82) is 0 Å². The van der Waals surface area contributed by atoms with Gasteiger partial charge in [-0.15, -0.1) is 0 Å². The highest BCUT2D eigenvalue weighted by atomic mass is 19.1. The third-order valence-corrected chi connectivity index (χ3v) is 2.05. The molecule has 1 aromatic rings. The topological polar surface area (TPSA) is 92.4 Å². The van der Waals surface area contributed by atoms with Crippen LogP contribution in [0.25, 0.3) is 0 Å². The summed E-state index contributed by atoms with van der Waals surface area (Å²) in [4.78, 5) is 22.4. The molecule has 0 aliphatic rings. The zero-order valence-corrected chi connectivity index (χ0v) is 9.45. The summed E-state index contributed by atoms with van der Waals surface area (Å²) in [6.45, 7) is 2.96. The van der Waals surface area contributed by atoms with Crippen molar-refractivity contribution in [3.8, 4) is 0 Å². The third kappa shape index (κ3) is 3.25. The molecule has 5 nitrogen and oxygen atoms in total. The van der Waals surface area contributed by atoms with E-state index < -0.39 is 23.2 Å². The number of carboxylic acid groups (broad SMARTS) is 1. The quantitative estimate of drug-likeness (QED) is 0.740. The number of rotatable bonds is 3. The number of hydrogen-bond acceptors (Lipinski definition) is 3. The smallest absolute Gasteiger partial charge is 0.337 e. The largest absolute Gasteiger partial charge is 0.478 e. The van der Waals surface area contributed by atoms with Gasteiger partial charge in [0.1, 0.15) is 5.82 Å². The Morgan fingerprint density at radius 3 is 2.47 bits per heavy atom. The SMILES string of the molecule is CC(C)(N)C(=O)Nc1ccc(F)cc1C(=O)O. The molecule has 4 N–H and O–H groups in total. The predicted molar refractivity (Wildman–Crippen MR) is 60.3 cm³/mol. The summed E-state index contributed by atoms with van der Waals surface area (Å²) in [6.07, 6.45) is 0. The first-order valence-electron chi connectivity index (χ1n) is 4.85. The van der Waals surface area contributed by atoms with E-state index in [0.717, 1.165) is 12.1 Å². The Morgan fingerprint density at radius 1 is 1.41 bits per heavy atom. The van der Waals surface area contributed by atoms with Crippen LogP contribution in [0, 0.1) is 5.82 Å². The van der Waals surface area contributed by atoms with Crippen LogP contribution < -0.4 is 11.1 Å². The van der Waals surface area contributed by atoms with Crippen LogP contribution in [0.2, 0.25) is 0 Å². The molecule has 1 aromatic carbocycles. The molecule has 1 amide bonds. The van der Waals surface area contributed by atoms with Crippen LogP contribution in [-0.4, -0.2) is 22.5 Å². The Bertz CT molecular complexity index is 466. The Labute approximate surface area is 97.4 Å². The van der Waals surface area contributed by atoms with Gasteiger partial charge in [0.15, 0.2) is 0 Å². The van der Waals surface area contributed by atoms with Gasteiger partial charge in [0.2, 0.25) is 5.91 Å². The fourth-order valence-corrected chi connectivity index (χ4v) is 1.09. The van der Waals surface area contributed by atoms with Gasteiger partial charge in [-0.2, -0.15) is 0 Å². The van der Waals surface area contributed by atoms with Gasteiger partial charge in [-0.05, 0) is 32.0 Å². The van der Waals surface area contributed by atoms with Crippen LogP contribution >= 0.6 is 0 Å². The maximum absolute atomic E-state index is 12.9. The van der Waals surface area contributed by atoms with Crippen molar-refractivity contribution < 1.29 is 19.1 Å². The van der Waals surface area contributed by atoms with Crippen molar-refractivity contribution in [1.82, 2.24) is 0 Å². The molecule has 0 fully saturated rings. The number of aromatic carboxylic acids is 1. The Morgan fingerprint density at radius 2 is 2.00 bits per heavy atom. The number of amides is 1. The number of anilines is 1. The molecule has 0 aliphatic carbocycles. The van der Waals surface area contributed by atoms with E-state index in [0.29, 0.717) is 0 Å². The van der Waals surface area contributed by atoms with Crippen LogP contribution in [0.4, 0.5) is 10.1 Å². The fourth-order valence-electron chi connectivity index (χ4n) is 1.09. The van der Waals surface area contributed by atoms with Crippen molar-refractivity contribution >= 4 is 17.6 Å². The van der Waals surface area contributed by atoms with Gasteiger partial charge < -0.3 is 16.2 Å². The molecule has 17 heavy (non-hydrogen) atoms. The molecule has 0 unspecified atom stereocenters. The molecule has 0 radical (unpaired) electrons. The molecular formula is C11H13FN2O3. The maximum Gasteiger partial charge on any atom is 0.337 e. The second kappa shape index (κ2) is 4.50. The molecule has 0 atom stereocenters. The lowest BCUT2D eigenvalue weighted by Crippen LogP contribution is -2.45. The molecule has 0 aliphatic heterocycles. The van der Waals surface area contributed by atoms with Crippen LogP contribution in [0.5, 0.6) is 0 Å². The normalized spacial score (nSPS) is 11.1. The van der Waals surface area contributed by atoms with Crippen molar-refractivity contribution in [2.45, 2.75) is 19.4 Å². The average Bonchev–Trinajstić information content (AvgIpc) is 2.18. The zero-order chi connectivity index (χ0) is 13.2. The van der Waals surface area contributed by atoms with Gasteiger partial charge >= 0.3 is 5.97 Å². The molecule has 0 spiro atoms. The highest BCUT2D eigenvalue weighted by Crippen LogP contribution is 2.18. The van der Waals surface area contributed by atoms with E-state index in [-0.39, 0.29) is 11.3 Å². The minimum atomic E-state index is -1.32. The van der Waals surface area contributed by atoms with Gasteiger partial charge in [-0.3, -0.25) is 4.79 Å². The van der Waals surface area contributed by atoms with Gasteiger partial charge in [-0.25, -0.2) is 9.18 Å². The molecule has 0 heterocycles. The summed E-state index contributed by atoms with van der Waals surface area (Å²) in [5, 5.41) is 11.2. The number of nitrogens with two attached hydrogens (primary N) is 1. The Balaban J connectivity index is 3.07. The molecule has 0 saturated heterocycles. The van der Waals surface area contributed by atoms with Crippen LogP contribution in [0.3, 0.4) is 0 Å². The van der Waals surface area contributed by atoms with Crippen LogP contribution in [0.15, 0.2) is 18.2 Å². The van der Waals surface area contributed by atoms with Gasteiger partial charge in [0.05, 0.1) is 16.8 Å². The standard InChI is InChI=1S/C11H13FN2O3/c1-11(2,13)10(17)14-8-4-3-6(12)5-7(8)9(15)16/h3-5H,13H2,1-2H3,(H,14,17)(H,15,16). The number of carbonyl (C=O) groups is 2. The Kier molecular flexibility index (Phi) is 3.47. The average molecular weight is 240 g/mol. The molecule has 1 rings (SSSR count). The highest BCUT2D eigenvalue weighted by molar-refractivity contribution is 6.03. The van der Waals surface area contributed by atoms with Crippen molar-refractivity contribution in [3.05, 3.63) is 29.6 Å². The van der Waals surface area contributed by atoms with Gasteiger partial charge in [0.25, 0.3) is 0 Å². The van der Waals surface area contributed by atoms with Crippen LogP contribution in [-0.2, 0) is 4.79 Å². The second-order valence-corrected chi connectivity index (χ2v) is 4.17. The molecular weight excluding hydrogens is 227 g/mol. The fraction of sp³-hybridized carbons (Fsp3) is 0.273. The monoisotopic (exact) mass is 240 g/mol. The van der Waals surface area contributed by atoms with Crippen molar-refractivity contribution in [3.63, 3.8) is 0 Å². The number of hydrogen-bond donors (Lipinski definition) is 3. The van der Waals surface area contributed by atoms with E-state index in [1.807, 2.05) is 0 Å². The molecule has 0 aromatic heterocycles. The lowest BCUT2D eigenvalue weighted by atomic mass is 10.1. The van der Waals surface area contributed by atoms with E-state index in [1.54, 1.807) is 0 Å². The number of carboxylic acids is 1. The number of halogens is 1. The van der Waals surface area contributed by atoms with Gasteiger partial charge in [0, 0.05) is 0 Å². The lowest BCUT2D eigenvalue weighted by molar-refractivity contribution is -0.120. The minimum absolute atomic E-state index is 0.0161. The zero-order valence-electron chi connectivity index (χ0n) is 9.45. The number of carbonyl (C=O) groups excluding carboxylic acids is 1. The summed E-state index contributed by atoms with van der Waals surface area (Å²) >= 11 is 0.